The van der Waals surface area contributed by atoms with Crippen molar-refractivity contribution in [3.63, 3.8) is 0 Å². The van der Waals surface area contributed by atoms with Crippen LogP contribution >= 0.6 is 11.6 Å². The fraction of sp³-hybridized carbons (Fsp3) is 0.357. The molecule has 0 radical (unpaired) electrons. The van der Waals surface area contributed by atoms with Crippen LogP contribution in [0.15, 0.2) is 59.3 Å². The molecule has 0 atom stereocenters. The number of esters is 1. The Kier molecular flexibility index (Phi) is 7.97. The molecule has 1 fully saturated rings. The number of anilines is 2. The molecule has 9 heteroatoms. The molecule has 194 valence electrons. The predicted molar refractivity (Wildman–Crippen MR) is 141 cm³/mol. The van der Waals surface area contributed by atoms with Gasteiger partial charge in [0.05, 0.1) is 17.4 Å². The van der Waals surface area contributed by atoms with Gasteiger partial charge >= 0.3 is 5.97 Å². The average Bonchev–Trinajstić information content (AvgIpc) is 3.11. The molecule has 0 aromatic heterocycles. The van der Waals surface area contributed by atoms with Crippen molar-refractivity contribution in [3.8, 4) is 0 Å². The van der Waals surface area contributed by atoms with Crippen LogP contribution in [0, 0.1) is 0 Å². The van der Waals surface area contributed by atoms with Gasteiger partial charge < -0.3 is 15.0 Å². The summed E-state index contributed by atoms with van der Waals surface area (Å²) in [5.74, 6) is -2.04. The molecule has 3 amide bonds. The number of hydrogen-bond donors (Lipinski definition) is 1. The molecule has 0 unspecified atom stereocenters. The fourth-order valence-corrected chi connectivity index (χ4v) is 4.82. The Hall–Kier alpha value is -3.65. The van der Waals surface area contributed by atoms with E-state index in [1.165, 1.54) is 18.6 Å². The van der Waals surface area contributed by atoms with Crippen molar-refractivity contribution in [2.75, 3.05) is 17.3 Å². The van der Waals surface area contributed by atoms with Crippen molar-refractivity contribution in [1.29, 1.82) is 0 Å². The molecule has 0 bridgehead atoms. The maximum atomic E-state index is 13.2. The van der Waals surface area contributed by atoms with E-state index in [0.29, 0.717) is 11.3 Å². The lowest BCUT2D eigenvalue weighted by molar-refractivity contribution is -0.120. The first kappa shape index (κ1) is 26.4. The number of ether oxygens (including phenoxy) is 1. The summed E-state index contributed by atoms with van der Waals surface area (Å²) in [5.41, 5.74) is 1.22. The van der Waals surface area contributed by atoms with Gasteiger partial charge in [-0.2, -0.15) is 0 Å². The minimum atomic E-state index is -0.715. The minimum Gasteiger partial charge on any atom is -0.459 e. The Morgan fingerprint density at radius 1 is 1.00 bits per heavy atom. The van der Waals surface area contributed by atoms with Crippen molar-refractivity contribution in [2.45, 2.75) is 58.1 Å². The molecule has 1 saturated carbocycles. The quantitative estimate of drug-likeness (QED) is 0.401. The summed E-state index contributed by atoms with van der Waals surface area (Å²) in [4.78, 5) is 54.2. The second-order valence-electron chi connectivity index (χ2n) is 9.55. The van der Waals surface area contributed by atoms with Crippen molar-refractivity contribution < 1.29 is 23.9 Å². The maximum Gasteiger partial charge on any atom is 0.338 e. The highest BCUT2D eigenvalue weighted by molar-refractivity contribution is 6.53. The largest absolute Gasteiger partial charge is 0.459 e. The SMILES string of the molecule is CC(C)OC(=O)c1cccc(N2C(=O)C(Cl)=C(Nc3cccc(C(=O)N(C)C4CCCCC4)c3)C2=O)c1. The Morgan fingerprint density at radius 3 is 2.38 bits per heavy atom. The fourth-order valence-electron chi connectivity index (χ4n) is 4.61. The van der Waals surface area contributed by atoms with Gasteiger partial charge in [-0.15, -0.1) is 0 Å². The van der Waals surface area contributed by atoms with Gasteiger partial charge in [-0.1, -0.05) is 43.0 Å². The number of amides is 3. The second-order valence-corrected chi connectivity index (χ2v) is 9.93. The monoisotopic (exact) mass is 523 g/mol. The molecule has 1 heterocycles. The summed E-state index contributed by atoms with van der Waals surface area (Å²) in [6.45, 7) is 3.46. The number of carbonyl (C=O) groups is 4. The molecule has 1 aliphatic carbocycles. The molecule has 0 saturated heterocycles. The van der Waals surface area contributed by atoms with Gasteiger partial charge in [0.1, 0.15) is 10.7 Å². The Labute approximate surface area is 221 Å². The maximum absolute atomic E-state index is 13.2. The topological polar surface area (TPSA) is 96.0 Å². The first-order chi connectivity index (χ1) is 17.7. The van der Waals surface area contributed by atoms with Crippen LogP contribution in [0.2, 0.25) is 0 Å². The smallest absolute Gasteiger partial charge is 0.338 e. The van der Waals surface area contributed by atoms with E-state index in [-0.39, 0.29) is 40.0 Å². The summed E-state index contributed by atoms with van der Waals surface area (Å²) < 4.78 is 5.21. The third kappa shape index (κ3) is 5.69. The Bertz CT molecular complexity index is 1270. The zero-order valence-corrected chi connectivity index (χ0v) is 21.9. The van der Waals surface area contributed by atoms with Crippen LogP contribution in [0.4, 0.5) is 11.4 Å². The van der Waals surface area contributed by atoms with Crippen LogP contribution < -0.4 is 10.2 Å². The van der Waals surface area contributed by atoms with E-state index >= 15 is 0 Å². The Balaban J connectivity index is 1.52. The lowest BCUT2D eigenvalue weighted by Gasteiger charge is -2.31. The lowest BCUT2D eigenvalue weighted by atomic mass is 9.94. The van der Waals surface area contributed by atoms with Gasteiger partial charge in [0.25, 0.3) is 17.7 Å². The molecular weight excluding hydrogens is 494 g/mol. The summed E-state index contributed by atoms with van der Waals surface area (Å²) >= 11 is 6.28. The average molecular weight is 524 g/mol. The molecule has 4 rings (SSSR count). The highest BCUT2D eigenvalue weighted by Crippen LogP contribution is 2.31. The summed E-state index contributed by atoms with van der Waals surface area (Å²) in [6.07, 6.45) is 5.10. The highest BCUT2D eigenvalue weighted by Gasteiger charge is 2.39. The molecule has 2 aromatic carbocycles. The van der Waals surface area contributed by atoms with Gasteiger partial charge in [0, 0.05) is 24.3 Å². The predicted octanol–water partition coefficient (Wildman–Crippen LogP) is 5.09. The first-order valence-electron chi connectivity index (χ1n) is 12.4. The van der Waals surface area contributed by atoms with Gasteiger partial charge in [0.15, 0.2) is 0 Å². The lowest BCUT2D eigenvalue weighted by Crippen LogP contribution is -2.38. The molecular formula is C28H30ClN3O5. The summed E-state index contributed by atoms with van der Waals surface area (Å²) in [7, 11) is 1.82. The molecule has 2 aromatic rings. The van der Waals surface area contributed by atoms with Crippen molar-refractivity contribution in [1.82, 2.24) is 4.90 Å². The zero-order chi connectivity index (χ0) is 26.7. The van der Waals surface area contributed by atoms with Crippen molar-refractivity contribution in [2.24, 2.45) is 0 Å². The molecule has 2 aliphatic rings. The van der Waals surface area contributed by atoms with Crippen molar-refractivity contribution >= 4 is 46.7 Å². The molecule has 1 N–H and O–H groups in total. The summed E-state index contributed by atoms with van der Waals surface area (Å²) in [6, 6.07) is 13.0. The van der Waals surface area contributed by atoms with E-state index in [4.69, 9.17) is 16.3 Å². The van der Waals surface area contributed by atoms with Crippen LogP contribution in [0.5, 0.6) is 0 Å². The molecule has 8 nitrogen and oxygen atoms in total. The number of rotatable bonds is 7. The Morgan fingerprint density at radius 2 is 1.68 bits per heavy atom. The molecule has 37 heavy (non-hydrogen) atoms. The number of imide groups is 1. The van der Waals surface area contributed by atoms with E-state index in [1.54, 1.807) is 55.1 Å². The third-order valence-electron chi connectivity index (χ3n) is 6.53. The highest BCUT2D eigenvalue weighted by atomic mass is 35.5. The number of carbonyl (C=O) groups excluding carboxylic acids is 4. The minimum absolute atomic E-state index is 0.101. The second kappa shape index (κ2) is 11.2. The molecule has 0 spiro atoms. The normalized spacial score (nSPS) is 16.4. The van der Waals surface area contributed by atoms with Gasteiger partial charge in [-0.25, -0.2) is 9.69 Å². The zero-order valence-electron chi connectivity index (χ0n) is 21.1. The third-order valence-corrected chi connectivity index (χ3v) is 6.88. The van der Waals surface area contributed by atoms with Crippen LogP contribution in [0.25, 0.3) is 0 Å². The van der Waals surface area contributed by atoms with Crippen LogP contribution in [0.3, 0.4) is 0 Å². The van der Waals surface area contributed by atoms with E-state index in [2.05, 4.69) is 5.32 Å². The van der Waals surface area contributed by atoms with Crippen LogP contribution in [-0.4, -0.2) is 47.8 Å². The molecule has 1 aliphatic heterocycles. The van der Waals surface area contributed by atoms with Crippen molar-refractivity contribution in [3.05, 3.63) is 70.4 Å². The van der Waals surface area contributed by atoms with E-state index in [9.17, 15) is 19.2 Å². The first-order valence-corrected chi connectivity index (χ1v) is 12.8. The van der Waals surface area contributed by atoms with Gasteiger partial charge in [0.2, 0.25) is 0 Å². The summed E-state index contributed by atoms with van der Waals surface area (Å²) in [5, 5.41) is 2.64. The number of nitrogens with zero attached hydrogens (tertiary/aromatic N) is 2. The number of nitrogens with one attached hydrogen (secondary N) is 1. The van der Waals surface area contributed by atoms with E-state index < -0.39 is 17.8 Å². The van der Waals surface area contributed by atoms with Gasteiger partial charge in [-0.3, -0.25) is 14.4 Å². The van der Waals surface area contributed by atoms with E-state index in [1.807, 2.05) is 7.05 Å². The van der Waals surface area contributed by atoms with Gasteiger partial charge in [-0.05, 0) is 63.1 Å². The van der Waals surface area contributed by atoms with Crippen LogP contribution in [-0.2, 0) is 14.3 Å². The number of halogens is 1. The number of benzene rings is 2. The standard InChI is InChI=1S/C28H30ClN3O5/c1-17(2)37-28(36)19-10-8-14-22(16-19)32-26(34)23(29)24(27(32)35)30-20-11-7-9-18(15-20)25(33)31(3)21-12-5-4-6-13-21/h7-11,14-17,21,30H,4-6,12-13H2,1-3H3. The van der Waals surface area contributed by atoms with Crippen LogP contribution in [0.1, 0.15) is 66.7 Å². The number of hydrogen-bond acceptors (Lipinski definition) is 6. The van der Waals surface area contributed by atoms with E-state index in [0.717, 1.165) is 30.6 Å².